The van der Waals surface area contributed by atoms with Gasteiger partial charge in [-0.1, -0.05) is 24.1 Å². The fourth-order valence-electron chi connectivity index (χ4n) is 3.76. The Balaban J connectivity index is 1.73. The number of carbonyl (C=O) groups excluding carboxylic acids is 2. The summed E-state index contributed by atoms with van der Waals surface area (Å²) in [5.74, 6) is 2.14. The van der Waals surface area contributed by atoms with Crippen molar-refractivity contribution in [1.29, 1.82) is 0 Å². The summed E-state index contributed by atoms with van der Waals surface area (Å²) in [4.78, 5) is 28.9. The maximum absolute atomic E-state index is 13.6. The van der Waals surface area contributed by atoms with E-state index in [1.807, 2.05) is 30.3 Å². The number of hydrogen-bond donors (Lipinski definition) is 1. The normalized spacial score (nSPS) is 17.5. The third-order valence-corrected chi connectivity index (χ3v) is 6.32. The van der Waals surface area contributed by atoms with Crippen LogP contribution in [0.15, 0.2) is 40.4 Å². The van der Waals surface area contributed by atoms with E-state index in [4.69, 9.17) is 15.9 Å². The Labute approximate surface area is 210 Å². The number of nitrogens with zero attached hydrogens (tertiary/aromatic N) is 5. The smallest absolute Gasteiger partial charge is 0.408 e. The zero-order valence-corrected chi connectivity index (χ0v) is 21.3. The van der Waals surface area contributed by atoms with E-state index >= 15 is 0 Å². The van der Waals surface area contributed by atoms with Gasteiger partial charge in [0.25, 0.3) is 0 Å². The molecule has 1 aromatic heterocycles. The lowest BCUT2D eigenvalue weighted by Gasteiger charge is -2.32. The van der Waals surface area contributed by atoms with Gasteiger partial charge in [0.2, 0.25) is 11.1 Å². The molecule has 1 fully saturated rings. The third kappa shape index (κ3) is 7.70. The summed E-state index contributed by atoms with van der Waals surface area (Å²) in [6.45, 7) is 8.00. The number of nitrogens with one attached hydrogen (secondary N) is 1. The molecular formula is C24H32N6O4S. The first kappa shape index (κ1) is 26.5. The number of ether oxygens (including phenoxy) is 2. The Morgan fingerprint density at radius 2 is 2.06 bits per heavy atom. The maximum Gasteiger partial charge on any atom is 0.408 e. The van der Waals surface area contributed by atoms with Crippen LogP contribution in [0.4, 0.5) is 4.79 Å². The molecule has 0 radical (unpaired) electrons. The minimum Gasteiger partial charge on any atom is -0.444 e. The summed E-state index contributed by atoms with van der Waals surface area (Å²) >= 11 is 1.46. The molecule has 1 aliphatic rings. The van der Waals surface area contributed by atoms with Crippen LogP contribution < -0.4 is 5.32 Å². The van der Waals surface area contributed by atoms with Crippen molar-refractivity contribution >= 4 is 23.8 Å². The van der Waals surface area contributed by atoms with Gasteiger partial charge < -0.3 is 19.7 Å². The molecule has 0 spiro atoms. The molecule has 35 heavy (non-hydrogen) atoms. The van der Waals surface area contributed by atoms with Crippen LogP contribution in [-0.4, -0.2) is 74.0 Å². The second-order valence-corrected chi connectivity index (χ2v) is 10.3. The van der Waals surface area contributed by atoms with E-state index in [1.165, 1.54) is 11.8 Å². The molecular weight excluding hydrogens is 468 g/mol. The largest absolute Gasteiger partial charge is 0.444 e. The highest BCUT2D eigenvalue weighted by Crippen LogP contribution is 2.27. The second kappa shape index (κ2) is 12.0. The number of tetrazole rings is 1. The summed E-state index contributed by atoms with van der Waals surface area (Å²) in [5, 5.41) is 15.4. The molecule has 3 rings (SSSR count). The fraction of sp³-hybridized carbons (Fsp3) is 0.542. The number of rotatable bonds is 9. The molecule has 10 nitrogen and oxygen atoms in total. The average molecular weight is 501 g/mol. The molecule has 2 amide bonds. The summed E-state index contributed by atoms with van der Waals surface area (Å²) in [6, 6.07) is 8.74. The number of carbonyl (C=O) groups is 2. The Kier molecular flexibility index (Phi) is 9.12. The van der Waals surface area contributed by atoms with E-state index < -0.39 is 23.8 Å². The topological polar surface area (TPSA) is 111 Å². The molecule has 1 N–H and O–H groups in total. The second-order valence-electron chi connectivity index (χ2n) is 9.23. The summed E-state index contributed by atoms with van der Waals surface area (Å²) in [5.41, 5.74) is -0.705. The monoisotopic (exact) mass is 500 g/mol. The predicted octanol–water partition coefficient (Wildman–Crippen LogP) is 2.75. The highest BCUT2D eigenvalue weighted by atomic mass is 32.2. The van der Waals surface area contributed by atoms with Gasteiger partial charge in [0.1, 0.15) is 18.2 Å². The molecule has 1 aliphatic heterocycles. The van der Waals surface area contributed by atoms with Crippen molar-refractivity contribution in [2.45, 2.75) is 80.9 Å². The van der Waals surface area contributed by atoms with Gasteiger partial charge in [-0.15, -0.1) is 11.5 Å². The van der Waals surface area contributed by atoms with Crippen LogP contribution >= 0.6 is 11.8 Å². The van der Waals surface area contributed by atoms with Gasteiger partial charge in [-0.2, -0.15) is 0 Å². The summed E-state index contributed by atoms with van der Waals surface area (Å²) < 4.78 is 12.7. The van der Waals surface area contributed by atoms with E-state index in [-0.39, 0.29) is 18.6 Å². The molecule has 0 unspecified atom stereocenters. The molecule has 11 heteroatoms. The first-order valence-electron chi connectivity index (χ1n) is 11.5. The first-order chi connectivity index (χ1) is 16.7. The van der Waals surface area contributed by atoms with E-state index in [0.29, 0.717) is 18.2 Å². The maximum atomic E-state index is 13.6. The number of likely N-dealkylation sites (tertiary alicyclic amines) is 1. The van der Waals surface area contributed by atoms with Crippen LogP contribution in [0.25, 0.3) is 0 Å². The van der Waals surface area contributed by atoms with E-state index in [0.717, 1.165) is 17.7 Å². The Hall–Kier alpha value is -3.10. The van der Waals surface area contributed by atoms with Crippen molar-refractivity contribution in [2.24, 2.45) is 0 Å². The van der Waals surface area contributed by atoms with Crippen LogP contribution in [0.1, 0.15) is 40.5 Å². The van der Waals surface area contributed by atoms with Crippen molar-refractivity contribution in [3.05, 3.63) is 30.3 Å². The van der Waals surface area contributed by atoms with Crippen LogP contribution in [-0.2, 0) is 20.8 Å². The van der Waals surface area contributed by atoms with Gasteiger partial charge in [-0.3, -0.25) is 4.79 Å². The van der Waals surface area contributed by atoms with Gasteiger partial charge in [-0.25, -0.2) is 9.48 Å². The average Bonchev–Trinajstić information content (AvgIpc) is 3.45. The fourth-order valence-corrected chi connectivity index (χ4v) is 4.56. The van der Waals surface area contributed by atoms with E-state index in [9.17, 15) is 9.59 Å². The minimum absolute atomic E-state index is 0.0229. The first-order valence-corrected chi connectivity index (χ1v) is 12.3. The lowest BCUT2D eigenvalue weighted by molar-refractivity contribution is -0.138. The van der Waals surface area contributed by atoms with Gasteiger partial charge in [0, 0.05) is 11.4 Å². The number of benzene rings is 1. The lowest BCUT2D eigenvalue weighted by Crippen LogP contribution is -2.56. The standard InChI is InChI=1S/C24H32N6O4S/c1-6-15-33-17(2)20(25-23(32)34-24(3,4)5)21(31)29-14-10-11-18(29)16-30-22(26-27-28-30)35-19-12-8-7-9-13-19/h1,7-9,12-13,17-18,20H,10-11,14-16H2,2-5H3,(H,25,32)/t17-,18+,20+/m1/s1. The summed E-state index contributed by atoms with van der Waals surface area (Å²) in [6.07, 6.45) is 5.61. The summed E-state index contributed by atoms with van der Waals surface area (Å²) in [7, 11) is 0. The molecule has 0 aliphatic carbocycles. The minimum atomic E-state index is -0.953. The zero-order chi connectivity index (χ0) is 25.4. The Morgan fingerprint density at radius 1 is 1.31 bits per heavy atom. The van der Waals surface area contributed by atoms with Crippen molar-refractivity contribution < 1.29 is 19.1 Å². The Bertz CT molecular complexity index is 1030. The van der Waals surface area contributed by atoms with Gasteiger partial charge >= 0.3 is 6.09 Å². The molecule has 2 aromatic rings. The third-order valence-electron chi connectivity index (χ3n) is 5.33. The van der Waals surface area contributed by atoms with E-state index in [1.54, 1.807) is 37.3 Å². The van der Waals surface area contributed by atoms with Gasteiger partial charge in [-0.05, 0) is 74.9 Å². The predicted molar refractivity (Wildman–Crippen MR) is 131 cm³/mol. The number of alkyl carbamates (subject to hydrolysis) is 1. The zero-order valence-electron chi connectivity index (χ0n) is 20.5. The van der Waals surface area contributed by atoms with Crippen LogP contribution in [0.5, 0.6) is 0 Å². The molecule has 2 heterocycles. The number of terminal acetylenes is 1. The molecule has 1 aromatic carbocycles. The lowest BCUT2D eigenvalue weighted by atomic mass is 10.1. The van der Waals surface area contributed by atoms with Crippen molar-refractivity contribution in [3.8, 4) is 12.3 Å². The quantitative estimate of drug-likeness (QED) is 0.523. The number of aromatic nitrogens is 4. The van der Waals surface area contributed by atoms with Crippen LogP contribution in [0, 0.1) is 12.3 Å². The Morgan fingerprint density at radius 3 is 2.74 bits per heavy atom. The van der Waals surface area contributed by atoms with Gasteiger partial charge in [0.15, 0.2) is 0 Å². The highest BCUT2D eigenvalue weighted by molar-refractivity contribution is 7.99. The number of amides is 2. The SMILES string of the molecule is C#CCO[C@H](C)[C@H](NC(=O)OC(C)(C)C)C(=O)N1CCC[C@H]1Cn1nnnc1Sc1ccccc1. The van der Waals surface area contributed by atoms with Crippen molar-refractivity contribution in [3.63, 3.8) is 0 Å². The molecule has 0 saturated carbocycles. The molecule has 1 saturated heterocycles. The van der Waals surface area contributed by atoms with Gasteiger partial charge in [0.05, 0.1) is 18.7 Å². The molecule has 3 atom stereocenters. The van der Waals surface area contributed by atoms with Crippen molar-refractivity contribution in [1.82, 2.24) is 30.4 Å². The highest BCUT2D eigenvalue weighted by Gasteiger charge is 2.38. The van der Waals surface area contributed by atoms with Crippen LogP contribution in [0.2, 0.25) is 0 Å². The van der Waals surface area contributed by atoms with E-state index in [2.05, 4.69) is 26.8 Å². The van der Waals surface area contributed by atoms with Crippen LogP contribution in [0.3, 0.4) is 0 Å². The number of hydrogen-bond acceptors (Lipinski definition) is 8. The molecule has 188 valence electrons. The van der Waals surface area contributed by atoms with Crippen molar-refractivity contribution in [2.75, 3.05) is 13.2 Å². The molecule has 0 bridgehead atoms.